The molecule has 4 rings (SSSR count). The lowest BCUT2D eigenvalue weighted by molar-refractivity contribution is -0.119. The highest BCUT2D eigenvalue weighted by Crippen LogP contribution is 2.29. The van der Waals surface area contributed by atoms with Crippen molar-refractivity contribution in [2.45, 2.75) is 18.4 Å². The van der Waals surface area contributed by atoms with Gasteiger partial charge in [-0.3, -0.25) is 9.10 Å². The molecule has 4 aromatic carbocycles. The number of aryl methyl sites for hydroxylation is 1. The van der Waals surface area contributed by atoms with Gasteiger partial charge in [-0.2, -0.15) is 5.10 Å². The summed E-state index contributed by atoms with van der Waals surface area (Å²) >= 11 is 0. The Bertz CT molecular complexity index is 1590. The highest BCUT2D eigenvalue weighted by atomic mass is 32.2. The van der Waals surface area contributed by atoms with E-state index in [1.54, 1.807) is 54.6 Å². The molecular formula is C31H31N3O6S. The van der Waals surface area contributed by atoms with Crippen LogP contribution >= 0.6 is 0 Å². The lowest BCUT2D eigenvalue weighted by Crippen LogP contribution is -2.39. The molecular weight excluding hydrogens is 542 g/mol. The Kier molecular flexibility index (Phi) is 9.60. The van der Waals surface area contributed by atoms with Crippen LogP contribution in [0.5, 0.6) is 17.2 Å². The van der Waals surface area contributed by atoms with Crippen molar-refractivity contribution in [2.24, 2.45) is 5.10 Å². The number of benzene rings is 4. The first kappa shape index (κ1) is 29.2. The van der Waals surface area contributed by atoms with E-state index in [4.69, 9.17) is 14.2 Å². The monoisotopic (exact) mass is 573 g/mol. The number of hydrogen-bond acceptors (Lipinski definition) is 7. The maximum absolute atomic E-state index is 13.5. The summed E-state index contributed by atoms with van der Waals surface area (Å²) in [4.78, 5) is 12.9. The largest absolute Gasteiger partial charge is 0.497 e. The summed E-state index contributed by atoms with van der Waals surface area (Å²) in [5, 5.41) is 4.02. The number of hydrazone groups is 1. The molecule has 0 saturated heterocycles. The third kappa shape index (κ3) is 7.64. The van der Waals surface area contributed by atoms with Gasteiger partial charge in [0.2, 0.25) is 0 Å². The lowest BCUT2D eigenvalue weighted by atomic mass is 10.2. The smallest absolute Gasteiger partial charge is 0.264 e. The number of nitrogens with zero attached hydrogens (tertiary/aromatic N) is 2. The molecule has 0 heterocycles. The van der Waals surface area contributed by atoms with Crippen LogP contribution in [-0.2, 0) is 21.4 Å². The highest BCUT2D eigenvalue weighted by molar-refractivity contribution is 7.92. The second kappa shape index (κ2) is 13.5. The van der Waals surface area contributed by atoms with Gasteiger partial charge in [-0.05, 0) is 72.6 Å². The molecule has 0 aliphatic carbocycles. The first-order valence-electron chi connectivity index (χ1n) is 12.7. The minimum atomic E-state index is -4.05. The van der Waals surface area contributed by atoms with E-state index in [9.17, 15) is 13.2 Å². The van der Waals surface area contributed by atoms with E-state index in [1.807, 2.05) is 37.3 Å². The molecule has 4 aromatic rings. The van der Waals surface area contributed by atoms with E-state index in [-0.39, 0.29) is 4.90 Å². The quantitative estimate of drug-likeness (QED) is 0.190. The fourth-order valence-electron chi connectivity index (χ4n) is 3.86. The van der Waals surface area contributed by atoms with Gasteiger partial charge in [-0.25, -0.2) is 13.8 Å². The Morgan fingerprint density at radius 1 is 0.878 bits per heavy atom. The zero-order valence-corrected chi connectivity index (χ0v) is 23.8. The van der Waals surface area contributed by atoms with Gasteiger partial charge in [0.15, 0.2) is 11.5 Å². The second-order valence-corrected chi connectivity index (χ2v) is 10.9. The fraction of sp³-hybridized carbons (Fsp3) is 0.161. The number of methoxy groups -OCH3 is 2. The minimum absolute atomic E-state index is 0.0666. The molecule has 10 heteroatoms. The Hall–Kier alpha value is -4.83. The van der Waals surface area contributed by atoms with Crippen molar-refractivity contribution in [3.05, 3.63) is 114 Å². The molecule has 212 valence electrons. The summed E-state index contributed by atoms with van der Waals surface area (Å²) in [6.45, 7) is 1.76. The van der Waals surface area contributed by atoms with E-state index >= 15 is 0 Å². The van der Waals surface area contributed by atoms with E-state index in [2.05, 4.69) is 10.5 Å². The van der Waals surface area contributed by atoms with Crippen molar-refractivity contribution in [1.29, 1.82) is 0 Å². The van der Waals surface area contributed by atoms with Gasteiger partial charge >= 0.3 is 0 Å². The topological polar surface area (TPSA) is 107 Å². The van der Waals surface area contributed by atoms with Gasteiger partial charge in [0.05, 0.1) is 31.0 Å². The summed E-state index contributed by atoms with van der Waals surface area (Å²) in [6, 6.07) is 27.9. The molecule has 0 aliphatic heterocycles. The summed E-state index contributed by atoms with van der Waals surface area (Å²) in [6.07, 6.45) is 1.44. The van der Waals surface area contributed by atoms with E-state index in [0.29, 0.717) is 35.1 Å². The normalized spacial score (nSPS) is 11.2. The molecule has 0 unspecified atom stereocenters. The van der Waals surface area contributed by atoms with Gasteiger partial charge in [-0.1, -0.05) is 48.0 Å². The Morgan fingerprint density at radius 2 is 1.59 bits per heavy atom. The number of ether oxygens (including phenoxy) is 3. The van der Waals surface area contributed by atoms with Crippen molar-refractivity contribution >= 4 is 27.8 Å². The number of rotatable bonds is 12. The van der Waals surface area contributed by atoms with Crippen LogP contribution in [0.4, 0.5) is 5.69 Å². The van der Waals surface area contributed by atoms with E-state index in [1.165, 1.54) is 32.6 Å². The predicted octanol–water partition coefficient (Wildman–Crippen LogP) is 4.94. The van der Waals surface area contributed by atoms with Crippen LogP contribution in [0, 0.1) is 6.92 Å². The first-order chi connectivity index (χ1) is 19.8. The van der Waals surface area contributed by atoms with Crippen molar-refractivity contribution in [3.8, 4) is 17.2 Å². The SMILES string of the molecule is COc1ccc(N(CC(=O)N/N=C\c2ccc(OCc3ccccc3)c(OC)c2)S(=O)(=O)c2ccc(C)cc2)cc1. The van der Waals surface area contributed by atoms with Crippen molar-refractivity contribution in [2.75, 3.05) is 25.1 Å². The summed E-state index contributed by atoms with van der Waals surface area (Å²) in [5.41, 5.74) is 5.31. The van der Waals surface area contributed by atoms with Crippen LogP contribution in [0.2, 0.25) is 0 Å². The van der Waals surface area contributed by atoms with Crippen LogP contribution in [0.25, 0.3) is 0 Å². The fourth-order valence-corrected chi connectivity index (χ4v) is 5.29. The number of anilines is 1. The first-order valence-corrected chi connectivity index (χ1v) is 14.1. The maximum Gasteiger partial charge on any atom is 0.264 e. The molecule has 0 spiro atoms. The van der Waals surface area contributed by atoms with Crippen LogP contribution in [0.3, 0.4) is 0 Å². The molecule has 0 atom stereocenters. The van der Waals surface area contributed by atoms with Gasteiger partial charge in [0.25, 0.3) is 15.9 Å². The predicted molar refractivity (Wildman–Crippen MR) is 158 cm³/mol. The molecule has 41 heavy (non-hydrogen) atoms. The van der Waals surface area contributed by atoms with Gasteiger partial charge in [0.1, 0.15) is 18.9 Å². The third-order valence-corrected chi connectivity index (χ3v) is 7.87. The van der Waals surface area contributed by atoms with Crippen molar-refractivity contribution < 1.29 is 27.4 Å². The molecule has 0 aliphatic rings. The summed E-state index contributed by atoms with van der Waals surface area (Å²) in [5.74, 6) is 1.00. The lowest BCUT2D eigenvalue weighted by Gasteiger charge is -2.24. The van der Waals surface area contributed by atoms with Crippen LogP contribution in [-0.4, -0.2) is 41.3 Å². The minimum Gasteiger partial charge on any atom is -0.497 e. The summed E-state index contributed by atoms with van der Waals surface area (Å²) in [7, 11) is -0.999. The average molecular weight is 574 g/mol. The highest BCUT2D eigenvalue weighted by Gasteiger charge is 2.27. The Labute approximate surface area is 240 Å². The van der Waals surface area contributed by atoms with Gasteiger partial charge < -0.3 is 14.2 Å². The number of sulfonamides is 1. The average Bonchev–Trinajstić information content (AvgIpc) is 3.00. The van der Waals surface area contributed by atoms with E-state index in [0.717, 1.165) is 15.4 Å². The van der Waals surface area contributed by atoms with Crippen LogP contribution in [0.1, 0.15) is 16.7 Å². The van der Waals surface area contributed by atoms with Gasteiger partial charge in [-0.15, -0.1) is 0 Å². The third-order valence-electron chi connectivity index (χ3n) is 6.08. The standard InChI is InChI=1S/C31H31N3O6S/c1-23-9-16-28(17-10-23)41(36,37)34(26-12-14-27(38-2)15-13-26)21-31(35)33-32-20-25-11-18-29(30(19-25)39-3)40-22-24-7-5-4-6-8-24/h4-20H,21-22H2,1-3H3,(H,33,35)/b32-20-. The molecule has 0 fully saturated rings. The van der Waals surface area contributed by atoms with Crippen LogP contribution in [0.15, 0.2) is 107 Å². The van der Waals surface area contributed by atoms with Crippen molar-refractivity contribution in [1.82, 2.24) is 5.43 Å². The Morgan fingerprint density at radius 3 is 2.24 bits per heavy atom. The number of nitrogens with one attached hydrogen (secondary N) is 1. The molecule has 1 amide bonds. The van der Waals surface area contributed by atoms with Crippen molar-refractivity contribution in [3.63, 3.8) is 0 Å². The second-order valence-electron chi connectivity index (χ2n) is 9.00. The molecule has 0 bridgehead atoms. The molecule has 0 aromatic heterocycles. The summed E-state index contributed by atoms with van der Waals surface area (Å²) < 4.78 is 44.6. The zero-order valence-electron chi connectivity index (χ0n) is 23.0. The zero-order chi connectivity index (χ0) is 29.2. The molecule has 9 nitrogen and oxygen atoms in total. The molecule has 0 saturated carbocycles. The Balaban J connectivity index is 1.46. The van der Waals surface area contributed by atoms with Gasteiger partial charge in [0, 0.05) is 0 Å². The molecule has 1 N–H and O–H groups in total. The molecule has 0 radical (unpaired) electrons. The number of carbonyl (C=O) groups is 1. The number of carbonyl (C=O) groups excluding carboxylic acids is 1. The van der Waals surface area contributed by atoms with Crippen LogP contribution < -0.4 is 23.9 Å². The van der Waals surface area contributed by atoms with E-state index < -0.39 is 22.5 Å². The number of hydrogen-bond donors (Lipinski definition) is 1. The maximum atomic E-state index is 13.5. The number of amides is 1.